The number of Topliss-reactive ketones (excluding diaryl/α,β-unsaturated/α-hetero) is 1. The molecule has 0 amide bonds. The van der Waals surface area contributed by atoms with Crippen LogP contribution in [0.1, 0.15) is 24.3 Å². The number of hydrogen-bond donors (Lipinski definition) is 0. The summed E-state index contributed by atoms with van der Waals surface area (Å²) in [4.78, 5) is 15.2. The molecule has 2 nitrogen and oxygen atoms in total. The number of thioether (sulfide) groups is 1. The highest BCUT2D eigenvalue weighted by Gasteiger charge is 2.26. The van der Waals surface area contributed by atoms with E-state index in [0.29, 0.717) is 18.2 Å². The van der Waals surface area contributed by atoms with Crippen LogP contribution < -0.4 is 0 Å². The van der Waals surface area contributed by atoms with Crippen molar-refractivity contribution in [3.8, 4) is 0 Å². The van der Waals surface area contributed by atoms with Gasteiger partial charge in [0, 0.05) is 29.5 Å². The Bertz CT molecular complexity index is 432. The molecule has 0 N–H and O–H groups in total. The van der Waals surface area contributed by atoms with Crippen molar-refractivity contribution in [2.75, 3.05) is 25.4 Å². The minimum Gasteiger partial charge on any atom is -0.298 e. The number of ketones is 1. The molecule has 1 aromatic rings. The topological polar surface area (TPSA) is 20.3 Å². The summed E-state index contributed by atoms with van der Waals surface area (Å²) in [5.74, 6) is 2.20. The molecule has 1 aromatic carbocycles. The van der Waals surface area contributed by atoms with Crippen molar-refractivity contribution in [1.29, 1.82) is 0 Å². The van der Waals surface area contributed by atoms with Crippen LogP contribution in [0.5, 0.6) is 0 Å². The zero-order valence-corrected chi connectivity index (χ0v) is 10.7. The van der Waals surface area contributed by atoms with Crippen molar-refractivity contribution < 1.29 is 4.79 Å². The van der Waals surface area contributed by atoms with Crippen LogP contribution >= 0.6 is 11.8 Å². The van der Waals surface area contributed by atoms with E-state index in [1.807, 2.05) is 11.8 Å². The molecule has 0 radical (unpaired) electrons. The number of rotatable bonds is 2. The molecule has 1 atom stereocenters. The second kappa shape index (κ2) is 4.83. The molecule has 17 heavy (non-hydrogen) atoms. The molecule has 2 aliphatic heterocycles. The fourth-order valence-electron chi connectivity index (χ4n) is 2.76. The highest BCUT2D eigenvalue weighted by Crippen LogP contribution is 2.39. The molecular formula is C14H17NOS. The summed E-state index contributed by atoms with van der Waals surface area (Å²) in [5.41, 5.74) is 1.48. The van der Waals surface area contributed by atoms with Gasteiger partial charge in [0.1, 0.15) is 5.78 Å². The van der Waals surface area contributed by atoms with Gasteiger partial charge in [-0.25, -0.2) is 0 Å². The lowest BCUT2D eigenvalue weighted by atomic mass is 9.99. The maximum absolute atomic E-state index is 11.4. The second-order valence-electron chi connectivity index (χ2n) is 4.92. The van der Waals surface area contributed by atoms with Crippen LogP contribution in [0.15, 0.2) is 29.2 Å². The van der Waals surface area contributed by atoms with E-state index in [1.54, 1.807) is 0 Å². The van der Waals surface area contributed by atoms with E-state index >= 15 is 0 Å². The molecule has 1 saturated heterocycles. The third kappa shape index (κ3) is 2.40. The lowest BCUT2D eigenvalue weighted by molar-refractivity contribution is -0.122. The Morgan fingerprint density at radius 2 is 2.24 bits per heavy atom. The average Bonchev–Trinajstić information content (AvgIpc) is 2.73. The molecular weight excluding hydrogens is 230 g/mol. The maximum atomic E-state index is 11.4. The fraction of sp³-hybridized carbons (Fsp3) is 0.500. The quantitative estimate of drug-likeness (QED) is 0.801. The maximum Gasteiger partial charge on any atom is 0.146 e. The van der Waals surface area contributed by atoms with E-state index in [1.165, 1.54) is 16.2 Å². The Morgan fingerprint density at radius 1 is 1.35 bits per heavy atom. The van der Waals surface area contributed by atoms with Gasteiger partial charge in [-0.2, -0.15) is 0 Å². The first kappa shape index (κ1) is 11.3. The predicted octanol–water partition coefficient (Wildman–Crippen LogP) is 2.54. The second-order valence-corrected chi connectivity index (χ2v) is 5.98. The Morgan fingerprint density at radius 3 is 3.12 bits per heavy atom. The number of nitrogens with zero attached hydrogens (tertiary/aromatic N) is 1. The van der Waals surface area contributed by atoms with Gasteiger partial charge in [-0.1, -0.05) is 18.2 Å². The number of carbonyl (C=O) groups excluding carboxylic acids is 1. The van der Waals surface area contributed by atoms with Crippen LogP contribution in [0.3, 0.4) is 0 Å². The molecule has 3 heteroatoms. The largest absolute Gasteiger partial charge is 0.298 e. The lowest BCUT2D eigenvalue weighted by Crippen LogP contribution is -2.38. The third-order valence-electron chi connectivity index (χ3n) is 3.61. The van der Waals surface area contributed by atoms with Gasteiger partial charge >= 0.3 is 0 Å². The van der Waals surface area contributed by atoms with Gasteiger partial charge < -0.3 is 0 Å². The third-order valence-corrected chi connectivity index (χ3v) is 4.86. The number of carbonyl (C=O) groups is 1. The first-order valence-electron chi connectivity index (χ1n) is 6.29. The number of hydrogen-bond acceptors (Lipinski definition) is 3. The molecule has 2 heterocycles. The van der Waals surface area contributed by atoms with E-state index in [0.717, 1.165) is 25.9 Å². The molecule has 0 spiro atoms. The number of fused-ring (bicyclic) bond motifs is 1. The van der Waals surface area contributed by atoms with Crippen molar-refractivity contribution in [1.82, 2.24) is 4.90 Å². The van der Waals surface area contributed by atoms with Gasteiger partial charge in [0.15, 0.2) is 0 Å². The lowest BCUT2D eigenvalue weighted by Gasteiger charge is -2.28. The molecule has 0 aliphatic carbocycles. The van der Waals surface area contributed by atoms with E-state index in [4.69, 9.17) is 0 Å². The van der Waals surface area contributed by atoms with Gasteiger partial charge in [-0.3, -0.25) is 9.69 Å². The van der Waals surface area contributed by atoms with Crippen LogP contribution in [-0.4, -0.2) is 36.1 Å². The van der Waals surface area contributed by atoms with Gasteiger partial charge in [-0.05, 0) is 24.6 Å². The summed E-state index contributed by atoms with van der Waals surface area (Å²) >= 11 is 1.95. The van der Waals surface area contributed by atoms with Crippen LogP contribution in [0.25, 0.3) is 0 Å². The summed E-state index contributed by atoms with van der Waals surface area (Å²) in [5, 5.41) is 0. The zero-order valence-electron chi connectivity index (χ0n) is 9.89. The van der Waals surface area contributed by atoms with Gasteiger partial charge in [0.25, 0.3) is 0 Å². The smallest absolute Gasteiger partial charge is 0.146 e. The summed E-state index contributed by atoms with van der Waals surface area (Å²) in [6.45, 7) is 2.81. The number of likely N-dealkylation sites (tertiary alicyclic amines) is 1. The van der Waals surface area contributed by atoms with E-state index in [-0.39, 0.29) is 0 Å². The van der Waals surface area contributed by atoms with Crippen molar-refractivity contribution in [3.63, 3.8) is 0 Å². The Balaban J connectivity index is 1.69. The molecule has 1 fully saturated rings. The Hall–Kier alpha value is -0.800. The van der Waals surface area contributed by atoms with Gasteiger partial charge in [-0.15, -0.1) is 11.8 Å². The van der Waals surface area contributed by atoms with Crippen LogP contribution in [0.2, 0.25) is 0 Å². The monoisotopic (exact) mass is 247 g/mol. The van der Waals surface area contributed by atoms with Crippen LogP contribution in [-0.2, 0) is 4.79 Å². The average molecular weight is 247 g/mol. The standard InChI is InChI=1S/C14H17NOS/c16-12-4-3-7-15(9-12)8-11-10-17-14-6-2-1-5-13(11)14/h1-2,5-6,11H,3-4,7-10H2. The van der Waals surface area contributed by atoms with Gasteiger partial charge in [0.2, 0.25) is 0 Å². The predicted molar refractivity (Wildman–Crippen MR) is 70.6 cm³/mol. The van der Waals surface area contributed by atoms with Crippen LogP contribution in [0.4, 0.5) is 0 Å². The fourth-order valence-corrected chi connectivity index (χ4v) is 4.00. The molecule has 0 bridgehead atoms. The SMILES string of the molecule is O=C1CCCN(CC2CSc3ccccc32)C1. The van der Waals surface area contributed by atoms with Crippen molar-refractivity contribution >= 4 is 17.5 Å². The number of piperidine rings is 1. The van der Waals surface area contributed by atoms with Gasteiger partial charge in [0.05, 0.1) is 6.54 Å². The normalized spacial score (nSPS) is 24.9. The van der Waals surface area contributed by atoms with E-state index in [2.05, 4.69) is 29.2 Å². The minimum atomic E-state index is 0.412. The minimum absolute atomic E-state index is 0.412. The van der Waals surface area contributed by atoms with E-state index in [9.17, 15) is 4.79 Å². The van der Waals surface area contributed by atoms with Crippen molar-refractivity contribution in [2.24, 2.45) is 0 Å². The molecule has 0 saturated carbocycles. The molecule has 1 unspecified atom stereocenters. The number of benzene rings is 1. The summed E-state index contributed by atoms with van der Waals surface area (Å²) < 4.78 is 0. The highest BCUT2D eigenvalue weighted by molar-refractivity contribution is 7.99. The summed E-state index contributed by atoms with van der Waals surface area (Å²) in [6.07, 6.45) is 1.83. The van der Waals surface area contributed by atoms with Crippen LogP contribution in [0, 0.1) is 0 Å². The summed E-state index contributed by atoms with van der Waals surface area (Å²) in [6, 6.07) is 8.69. The zero-order chi connectivity index (χ0) is 11.7. The first-order chi connectivity index (χ1) is 8.33. The van der Waals surface area contributed by atoms with Crippen molar-refractivity contribution in [2.45, 2.75) is 23.7 Å². The Kier molecular flexibility index (Phi) is 3.21. The highest BCUT2D eigenvalue weighted by atomic mass is 32.2. The first-order valence-corrected chi connectivity index (χ1v) is 7.27. The summed E-state index contributed by atoms with van der Waals surface area (Å²) in [7, 11) is 0. The molecule has 2 aliphatic rings. The Labute approximate surface area is 106 Å². The molecule has 3 rings (SSSR count). The van der Waals surface area contributed by atoms with E-state index < -0.39 is 0 Å². The van der Waals surface area contributed by atoms with Crippen molar-refractivity contribution in [3.05, 3.63) is 29.8 Å². The molecule has 0 aromatic heterocycles. The molecule has 90 valence electrons.